The molecule has 33 heavy (non-hydrogen) atoms. The summed E-state index contributed by atoms with van der Waals surface area (Å²) in [7, 11) is -3.60. The van der Waals surface area contributed by atoms with Gasteiger partial charge in [-0.15, -0.1) is 0 Å². The minimum absolute atomic E-state index is 0.114. The fraction of sp³-hybridized carbons (Fsp3) is 0.417. The lowest BCUT2D eigenvalue weighted by Gasteiger charge is -2.26. The van der Waals surface area contributed by atoms with Crippen LogP contribution in [0.5, 0.6) is 5.75 Å². The van der Waals surface area contributed by atoms with Gasteiger partial charge in [0.15, 0.2) is 6.61 Å². The van der Waals surface area contributed by atoms with E-state index in [9.17, 15) is 18.0 Å². The third kappa shape index (κ3) is 5.36. The van der Waals surface area contributed by atoms with E-state index in [1.165, 1.54) is 10.4 Å². The van der Waals surface area contributed by atoms with Crippen molar-refractivity contribution in [2.45, 2.75) is 43.9 Å². The summed E-state index contributed by atoms with van der Waals surface area (Å²) in [5, 5.41) is 2.72. The molecule has 2 aromatic carbocycles. The zero-order chi connectivity index (χ0) is 23.4. The first-order valence-corrected chi connectivity index (χ1v) is 12.7. The van der Waals surface area contributed by atoms with Crippen LogP contribution in [0.15, 0.2) is 47.4 Å². The first-order valence-electron chi connectivity index (χ1n) is 11.3. The maximum absolute atomic E-state index is 13.1. The number of carbonyl (C=O) groups excluding carboxylic acids is 2. The Morgan fingerprint density at radius 2 is 1.73 bits per heavy atom. The van der Waals surface area contributed by atoms with E-state index in [0.29, 0.717) is 43.1 Å². The Bertz CT molecular complexity index is 1130. The van der Waals surface area contributed by atoms with Crippen molar-refractivity contribution in [1.29, 1.82) is 0 Å². The number of benzene rings is 2. The van der Waals surface area contributed by atoms with Gasteiger partial charge in [-0.05, 0) is 68.1 Å². The molecule has 0 radical (unpaired) electrons. The predicted octanol–water partition coefficient (Wildman–Crippen LogP) is 3.31. The van der Waals surface area contributed by atoms with Gasteiger partial charge in [-0.25, -0.2) is 8.42 Å². The SMILES string of the molecule is Cc1ccc(NC(=O)COc2ccc(N3CCCC3=O)cc2)cc1S(=O)(=O)N1CCCCC1. The zero-order valence-corrected chi connectivity index (χ0v) is 19.6. The Morgan fingerprint density at radius 3 is 2.39 bits per heavy atom. The number of carbonyl (C=O) groups is 2. The molecule has 0 spiro atoms. The third-order valence-electron chi connectivity index (χ3n) is 6.00. The van der Waals surface area contributed by atoms with Crippen LogP contribution in [0.4, 0.5) is 11.4 Å². The summed E-state index contributed by atoms with van der Waals surface area (Å²) in [5.74, 6) is 0.236. The van der Waals surface area contributed by atoms with Gasteiger partial charge in [0.05, 0.1) is 4.90 Å². The Hall–Kier alpha value is -2.91. The van der Waals surface area contributed by atoms with Gasteiger partial charge in [0.2, 0.25) is 15.9 Å². The molecule has 0 aromatic heterocycles. The molecule has 9 heteroatoms. The number of nitrogens with zero attached hydrogens (tertiary/aromatic N) is 2. The average molecular weight is 472 g/mol. The molecule has 0 unspecified atom stereocenters. The quantitative estimate of drug-likeness (QED) is 0.668. The number of anilines is 2. The Kier molecular flexibility index (Phi) is 6.99. The molecular weight excluding hydrogens is 442 g/mol. The molecule has 0 saturated carbocycles. The first-order chi connectivity index (χ1) is 15.8. The van der Waals surface area contributed by atoms with E-state index in [1.807, 2.05) is 0 Å². The van der Waals surface area contributed by atoms with Crippen molar-refractivity contribution in [3.8, 4) is 5.75 Å². The molecule has 2 saturated heterocycles. The highest BCUT2D eigenvalue weighted by Gasteiger charge is 2.27. The van der Waals surface area contributed by atoms with Gasteiger partial charge in [0, 0.05) is 37.4 Å². The smallest absolute Gasteiger partial charge is 0.262 e. The summed E-state index contributed by atoms with van der Waals surface area (Å²) in [4.78, 5) is 26.2. The lowest BCUT2D eigenvalue weighted by molar-refractivity contribution is -0.118. The summed E-state index contributed by atoms with van der Waals surface area (Å²) in [6.45, 7) is 3.30. The zero-order valence-electron chi connectivity index (χ0n) is 18.7. The van der Waals surface area contributed by atoms with Crippen LogP contribution in [0.1, 0.15) is 37.7 Å². The summed E-state index contributed by atoms with van der Waals surface area (Å²) in [6.07, 6.45) is 4.19. The standard InChI is InChI=1S/C24H29N3O5S/c1-18-7-8-19(16-22(18)33(30,31)26-13-3-2-4-14-26)25-23(28)17-32-21-11-9-20(10-12-21)27-15-5-6-24(27)29/h7-12,16H,2-6,13-15,17H2,1H3,(H,25,28). The van der Waals surface area contributed by atoms with E-state index < -0.39 is 10.0 Å². The van der Waals surface area contributed by atoms with E-state index in [-0.39, 0.29) is 23.3 Å². The molecule has 0 atom stereocenters. The Morgan fingerprint density at radius 1 is 1.00 bits per heavy atom. The van der Waals surface area contributed by atoms with Crippen LogP contribution >= 0.6 is 0 Å². The largest absolute Gasteiger partial charge is 0.484 e. The minimum Gasteiger partial charge on any atom is -0.484 e. The molecule has 2 aromatic rings. The van der Waals surface area contributed by atoms with Gasteiger partial charge >= 0.3 is 0 Å². The Labute approximate surface area is 194 Å². The molecular formula is C24H29N3O5S. The molecule has 0 bridgehead atoms. The number of amides is 2. The van der Waals surface area contributed by atoms with Gasteiger partial charge in [-0.2, -0.15) is 4.31 Å². The van der Waals surface area contributed by atoms with Crippen LogP contribution in [-0.4, -0.2) is 50.8 Å². The van der Waals surface area contributed by atoms with Crippen molar-refractivity contribution in [2.75, 3.05) is 36.5 Å². The number of nitrogens with one attached hydrogen (secondary N) is 1. The van der Waals surface area contributed by atoms with E-state index >= 15 is 0 Å². The second-order valence-electron chi connectivity index (χ2n) is 8.42. The second-order valence-corrected chi connectivity index (χ2v) is 10.3. The van der Waals surface area contributed by atoms with Crippen molar-refractivity contribution in [3.63, 3.8) is 0 Å². The normalized spacial score (nSPS) is 17.2. The van der Waals surface area contributed by atoms with E-state index in [1.54, 1.807) is 48.2 Å². The van der Waals surface area contributed by atoms with Crippen LogP contribution in [0.25, 0.3) is 0 Å². The van der Waals surface area contributed by atoms with Crippen LogP contribution in [0, 0.1) is 6.92 Å². The molecule has 176 valence electrons. The molecule has 0 aliphatic carbocycles. The van der Waals surface area contributed by atoms with Crippen LogP contribution < -0.4 is 15.0 Å². The number of rotatable bonds is 7. The van der Waals surface area contributed by atoms with Crippen molar-refractivity contribution in [2.24, 2.45) is 0 Å². The summed E-state index contributed by atoms with van der Waals surface area (Å²) in [6, 6.07) is 11.9. The molecule has 2 heterocycles. The van der Waals surface area contributed by atoms with Gasteiger partial charge in [0.1, 0.15) is 5.75 Å². The maximum Gasteiger partial charge on any atom is 0.262 e. The fourth-order valence-corrected chi connectivity index (χ4v) is 5.96. The van der Waals surface area contributed by atoms with E-state index in [4.69, 9.17) is 4.74 Å². The lowest BCUT2D eigenvalue weighted by atomic mass is 10.2. The number of ether oxygens (including phenoxy) is 1. The lowest BCUT2D eigenvalue weighted by Crippen LogP contribution is -2.36. The van der Waals surface area contributed by atoms with Gasteiger partial charge in [-0.3, -0.25) is 9.59 Å². The van der Waals surface area contributed by atoms with Crippen molar-refractivity contribution in [3.05, 3.63) is 48.0 Å². The number of aryl methyl sites for hydroxylation is 1. The van der Waals surface area contributed by atoms with E-state index in [2.05, 4.69) is 5.32 Å². The van der Waals surface area contributed by atoms with Crippen LogP contribution in [-0.2, 0) is 19.6 Å². The highest BCUT2D eigenvalue weighted by atomic mass is 32.2. The molecule has 2 aliphatic heterocycles. The predicted molar refractivity (Wildman–Crippen MR) is 126 cm³/mol. The summed E-state index contributed by atoms with van der Waals surface area (Å²) >= 11 is 0. The Balaban J connectivity index is 1.37. The maximum atomic E-state index is 13.1. The number of hydrogen-bond acceptors (Lipinski definition) is 5. The summed E-state index contributed by atoms with van der Waals surface area (Å²) < 4.78 is 33.2. The fourth-order valence-electron chi connectivity index (χ4n) is 4.19. The number of hydrogen-bond donors (Lipinski definition) is 1. The van der Waals surface area contributed by atoms with Crippen molar-refractivity contribution >= 4 is 33.2 Å². The first kappa shape index (κ1) is 23.3. The highest BCUT2D eigenvalue weighted by molar-refractivity contribution is 7.89. The monoisotopic (exact) mass is 471 g/mol. The van der Waals surface area contributed by atoms with E-state index in [0.717, 1.165) is 31.4 Å². The topological polar surface area (TPSA) is 96.0 Å². The van der Waals surface area contributed by atoms with Gasteiger partial charge in [0.25, 0.3) is 5.91 Å². The molecule has 2 amide bonds. The highest BCUT2D eigenvalue weighted by Crippen LogP contribution is 2.26. The third-order valence-corrected chi connectivity index (χ3v) is 8.04. The van der Waals surface area contributed by atoms with Crippen LogP contribution in [0.3, 0.4) is 0 Å². The number of piperidine rings is 1. The molecule has 2 aliphatic rings. The summed E-state index contributed by atoms with van der Waals surface area (Å²) in [5.41, 5.74) is 1.87. The van der Waals surface area contributed by atoms with Crippen molar-refractivity contribution in [1.82, 2.24) is 4.31 Å². The van der Waals surface area contributed by atoms with Gasteiger partial charge in [-0.1, -0.05) is 12.5 Å². The molecule has 2 fully saturated rings. The van der Waals surface area contributed by atoms with Gasteiger partial charge < -0.3 is 15.0 Å². The van der Waals surface area contributed by atoms with Crippen molar-refractivity contribution < 1.29 is 22.7 Å². The molecule has 8 nitrogen and oxygen atoms in total. The number of sulfonamides is 1. The molecule has 4 rings (SSSR count). The molecule has 1 N–H and O–H groups in total. The second kappa shape index (κ2) is 9.93. The van der Waals surface area contributed by atoms with Crippen LogP contribution in [0.2, 0.25) is 0 Å². The minimum atomic E-state index is -3.60. The average Bonchev–Trinajstić information content (AvgIpc) is 3.25.